The lowest BCUT2D eigenvalue weighted by molar-refractivity contribution is 0.0767. The molecule has 2 aromatic rings. The van der Waals surface area contributed by atoms with Crippen molar-refractivity contribution in [1.82, 2.24) is 14.8 Å². The van der Waals surface area contributed by atoms with E-state index in [1.807, 2.05) is 23.1 Å². The molecule has 1 unspecified atom stereocenters. The van der Waals surface area contributed by atoms with Crippen LogP contribution in [0.15, 0.2) is 30.5 Å². The number of piperazine rings is 1. The Kier molecular flexibility index (Phi) is 4.88. The lowest BCUT2D eigenvalue weighted by Gasteiger charge is -2.38. The molecule has 0 spiro atoms. The third kappa shape index (κ3) is 3.42. The molecular weight excluding hydrogens is 398 g/mol. The Morgan fingerprint density at radius 2 is 1.97 bits per heavy atom. The molecule has 7 heteroatoms. The minimum atomic E-state index is 0.0974. The molecule has 1 saturated carbocycles. The summed E-state index contributed by atoms with van der Waals surface area (Å²) in [7, 11) is 0. The summed E-state index contributed by atoms with van der Waals surface area (Å²) in [6, 6.07) is 10.6. The van der Waals surface area contributed by atoms with Gasteiger partial charge in [-0.2, -0.15) is 5.26 Å². The van der Waals surface area contributed by atoms with Crippen LogP contribution in [0.1, 0.15) is 52.9 Å². The Hall–Kier alpha value is -2.62. The number of aromatic nitrogens is 1. The van der Waals surface area contributed by atoms with Crippen molar-refractivity contribution in [3.63, 3.8) is 0 Å². The van der Waals surface area contributed by atoms with E-state index in [0.29, 0.717) is 28.7 Å². The lowest BCUT2D eigenvalue weighted by Crippen LogP contribution is -2.47. The molecule has 2 fully saturated rings. The molecule has 3 heterocycles. The molecule has 0 radical (unpaired) electrons. The third-order valence-corrected chi connectivity index (χ3v) is 6.84. The van der Waals surface area contributed by atoms with Gasteiger partial charge in [0.05, 0.1) is 16.1 Å². The Morgan fingerprint density at radius 1 is 1.20 bits per heavy atom. The zero-order valence-corrected chi connectivity index (χ0v) is 17.8. The summed E-state index contributed by atoms with van der Waals surface area (Å²) in [5.41, 5.74) is 3.53. The Morgan fingerprint density at radius 3 is 2.60 bits per heavy atom. The van der Waals surface area contributed by atoms with Crippen molar-refractivity contribution in [3.05, 3.63) is 57.7 Å². The van der Waals surface area contributed by atoms with Crippen LogP contribution in [0.5, 0.6) is 0 Å². The molecule has 1 saturated heterocycles. The van der Waals surface area contributed by atoms with Crippen molar-refractivity contribution in [2.24, 2.45) is 0 Å². The molecule has 0 bridgehead atoms. The van der Waals surface area contributed by atoms with Gasteiger partial charge in [0.15, 0.2) is 0 Å². The number of anilines is 1. The summed E-state index contributed by atoms with van der Waals surface area (Å²) in [5, 5.41) is 9.52. The predicted octanol–water partition coefficient (Wildman–Crippen LogP) is 3.61. The Balaban J connectivity index is 1.28. The summed E-state index contributed by atoms with van der Waals surface area (Å²) in [4.78, 5) is 23.8. The van der Waals surface area contributed by atoms with E-state index in [0.717, 1.165) is 50.4 Å². The average molecular weight is 422 g/mol. The van der Waals surface area contributed by atoms with Gasteiger partial charge in [-0.05, 0) is 49.1 Å². The Bertz CT molecular complexity index is 1020. The number of carbonyl (C=O) groups is 1. The minimum absolute atomic E-state index is 0.0974. The number of benzene rings is 1. The maximum Gasteiger partial charge on any atom is 0.256 e. The van der Waals surface area contributed by atoms with E-state index in [9.17, 15) is 4.79 Å². The van der Waals surface area contributed by atoms with Gasteiger partial charge in [-0.1, -0.05) is 17.7 Å². The molecule has 1 atom stereocenters. The quantitative estimate of drug-likeness (QED) is 0.754. The maximum atomic E-state index is 12.7. The van der Waals surface area contributed by atoms with Crippen molar-refractivity contribution < 1.29 is 4.79 Å². The zero-order valence-electron chi connectivity index (χ0n) is 17.0. The summed E-state index contributed by atoms with van der Waals surface area (Å²) >= 11 is 6.57. The van der Waals surface area contributed by atoms with Gasteiger partial charge >= 0.3 is 0 Å². The number of nitriles is 1. The molecule has 30 heavy (non-hydrogen) atoms. The summed E-state index contributed by atoms with van der Waals surface area (Å²) < 4.78 is 0. The second kappa shape index (κ2) is 7.57. The molecule has 2 aliphatic heterocycles. The van der Waals surface area contributed by atoms with Crippen molar-refractivity contribution in [3.8, 4) is 6.07 Å². The van der Waals surface area contributed by atoms with Crippen molar-refractivity contribution >= 4 is 23.3 Å². The number of hydrogen-bond donors (Lipinski definition) is 0. The highest BCUT2D eigenvalue weighted by Gasteiger charge is 2.39. The summed E-state index contributed by atoms with van der Waals surface area (Å²) in [6.45, 7) is 6.52. The molecule has 154 valence electrons. The van der Waals surface area contributed by atoms with E-state index >= 15 is 0 Å². The van der Waals surface area contributed by atoms with Gasteiger partial charge in [0, 0.05) is 51.0 Å². The monoisotopic (exact) mass is 421 g/mol. The second-order valence-corrected chi connectivity index (χ2v) is 8.82. The molecule has 1 aliphatic carbocycles. The fourth-order valence-corrected chi connectivity index (χ4v) is 4.89. The van der Waals surface area contributed by atoms with Crippen LogP contribution in [0.25, 0.3) is 0 Å². The summed E-state index contributed by atoms with van der Waals surface area (Å²) in [5.74, 6) is 1.01. The normalized spacial score (nSPS) is 20.2. The van der Waals surface area contributed by atoms with E-state index in [2.05, 4.69) is 33.8 Å². The molecule has 1 amide bonds. The zero-order chi connectivity index (χ0) is 20.8. The molecule has 6 nitrogen and oxygen atoms in total. The highest BCUT2D eigenvalue weighted by atomic mass is 35.5. The number of rotatable bonds is 4. The topological polar surface area (TPSA) is 63.5 Å². The lowest BCUT2D eigenvalue weighted by atomic mass is 10.00. The van der Waals surface area contributed by atoms with Gasteiger partial charge in [-0.25, -0.2) is 4.98 Å². The van der Waals surface area contributed by atoms with Crippen LogP contribution in [-0.4, -0.2) is 52.9 Å². The third-order valence-electron chi connectivity index (χ3n) is 6.54. The SMILES string of the molecule is CC(c1cc(Cl)c2c(c1)CN(C1CC1)C2=O)N1CCN(c2ccc(C#N)cn2)CC1. The van der Waals surface area contributed by atoms with Crippen molar-refractivity contribution in [1.29, 1.82) is 5.26 Å². The minimum Gasteiger partial charge on any atom is -0.354 e. The van der Waals surface area contributed by atoms with Gasteiger partial charge in [0.25, 0.3) is 5.91 Å². The van der Waals surface area contributed by atoms with E-state index < -0.39 is 0 Å². The molecule has 0 N–H and O–H groups in total. The Labute approximate surface area is 181 Å². The number of hydrogen-bond acceptors (Lipinski definition) is 5. The number of nitrogens with zero attached hydrogens (tertiary/aromatic N) is 5. The van der Waals surface area contributed by atoms with Gasteiger partial charge in [0.1, 0.15) is 11.9 Å². The average Bonchev–Trinajstić information content (AvgIpc) is 3.56. The number of amides is 1. The maximum absolute atomic E-state index is 12.7. The number of halogens is 1. The molecular formula is C23H24ClN5O. The number of fused-ring (bicyclic) bond motifs is 1. The highest BCUT2D eigenvalue weighted by Crippen LogP contribution is 2.39. The van der Waals surface area contributed by atoms with E-state index in [1.165, 1.54) is 5.56 Å². The number of pyridine rings is 1. The van der Waals surface area contributed by atoms with Crippen molar-refractivity contribution in [2.75, 3.05) is 31.1 Å². The van der Waals surface area contributed by atoms with E-state index in [-0.39, 0.29) is 11.9 Å². The highest BCUT2D eigenvalue weighted by molar-refractivity contribution is 6.34. The van der Waals surface area contributed by atoms with E-state index in [4.69, 9.17) is 16.9 Å². The molecule has 1 aromatic carbocycles. The van der Waals surface area contributed by atoms with Crippen LogP contribution in [-0.2, 0) is 6.54 Å². The number of carbonyl (C=O) groups excluding carboxylic acids is 1. The fourth-order valence-electron chi connectivity index (χ4n) is 4.56. The predicted molar refractivity (Wildman–Crippen MR) is 116 cm³/mol. The standard InChI is InChI=1S/C23H24ClN5O/c1-15(27-6-8-28(9-7-27)21-5-2-16(12-25)13-26-21)17-10-18-14-29(19-3-4-19)23(30)22(18)20(24)11-17/h2,5,10-11,13,15,19H,3-4,6-9,14H2,1H3. The van der Waals surface area contributed by atoms with Crippen LogP contribution < -0.4 is 4.90 Å². The second-order valence-electron chi connectivity index (χ2n) is 8.42. The molecule has 1 aromatic heterocycles. The van der Waals surface area contributed by atoms with Gasteiger partial charge < -0.3 is 9.80 Å². The van der Waals surface area contributed by atoms with Crippen LogP contribution >= 0.6 is 11.6 Å². The van der Waals surface area contributed by atoms with Gasteiger partial charge in [0.2, 0.25) is 0 Å². The molecule has 5 rings (SSSR count). The van der Waals surface area contributed by atoms with Crippen LogP contribution in [0, 0.1) is 11.3 Å². The van der Waals surface area contributed by atoms with Crippen molar-refractivity contribution in [2.45, 2.75) is 38.4 Å². The molecule has 3 aliphatic rings. The first kappa shape index (κ1) is 19.3. The largest absolute Gasteiger partial charge is 0.354 e. The smallest absolute Gasteiger partial charge is 0.256 e. The van der Waals surface area contributed by atoms with Gasteiger partial charge in [-0.15, -0.1) is 0 Å². The van der Waals surface area contributed by atoms with E-state index in [1.54, 1.807) is 6.20 Å². The van der Waals surface area contributed by atoms with Crippen LogP contribution in [0.3, 0.4) is 0 Å². The first-order chi connectivity index (χ1) is 14.5. The first-order valence-corrected chi connectivity index (χ1v) is 10.9. The summed E-state index contributed by atoms with van der Waals surface area (Å²) in [6.07, 6.45) is 3.85. The van der Waals surface area contributed by atoms with Gasteiger partial charge in [-0.3, -0.25) is 9.69 Å². The fraction of sp³-hybridized carbons (Fsp3) is 0.435. The first-order valence-electron chi connectivity index (χ1n) is 10.5. The van der Waals surface area contributed by atoms with Crippen LogP contribution in [0.4, 0.5) is 5.82 Å². The van der Waals surface area contributed by atoms with Crippen LogP contribution in [0.2, 0.25) is 5.02 Å².